The number of hydrogen-bond acceptors (Lipinski definition) is 3. The van der Waals surface area contributed by atoms with Crippen molar-refractivity contribution >= 4 is 0 Å². The van der Waals surface area contributed by atoms with E-state index in [0.29, 0.717) is 5.92 Å². The van der Waals surface area contributed by atoms with Gasteiger partial charge in [0.15, 0.2) is 0 Å². The van der Waals surface area contributed by atoms with Gasteiger partial charge in [0.25, 0.3) is 0 Å². The Kier molecular flexibility index (Phi) is 4.70. The lowest BCUT2D eigenvalue weighted by atomic mass is 10.2. The van der Waals surface area contributed by atoms with E-state index >= 15 is 0 Å². The van der Waals surface area contributed by atoms with E-state index in [2.05, 4.69) is 19.2 Å². The van der Waals surface area contributed by atoms with Crippen molar-refractivity contribution in [1.82, 2.24) is 5.32 Å². The fourth-order valence-corrected chi connectivity index (χ4v) is 1.36. The number of methoxy groups -OCH3 is 1. The van der Waals surface area contributed by atoms with Crippen LogP contribution in [0.1, 0.15) is 18.2 Å². The van der Waals surface area contributed by atoms with Gasteiger partial charge in [0, 0.05) is 20.3 Å². The van der Waals surface area contributed by atoms with Gasteiger partial charge >= 0.3 is 0 Å². The molecule has 1 unspecified atom stereocenters. The maximum absolute atomic E-state index is 5.31. The van der Waals surface area contributed by atoms with Crippen molar-refractivity contribution in [2.24, 2.45) is 5.92 Å². The summed E-state index contributed by atoms with van der Waals surface area (Å²) in [7, 11) is 1.73. The van der Waals surface area contributed by atoms with Gasteiger partial charge < -0.3 is 14.5 Å². The highest BCUT2D eigenvalue weighted by molar-refractivity contribution is 5.13. The molecule has 3 heteroatoms. The number of hydrogen-bond donors (Lipinski definition) is 1. The molecule has 0 aliphatic heterocycles. The van der Waals surface area contributed by atoms with Gasteiger partial charge in [0.05, 0.1) is 12.8 Å². The summed E-state index contributed by atoms with van der Waals surface area (Å²) in [5, 5.41) is 3.34. The summed E-state index contributed by atoms with van der Waals surface area (Å²) in [4.78, 5) is 0. The van der Waals surface area contributed by atoms with Gasteiger partial charge in [-0.2, -0.15) is 0 Å². The van der Waals surface area contributed by atoms with E-state index in [1.54, 1.807) is 13.4 Å². The molecule has 0 radical (unpaired) electrons. The summed E-state index contributed by atoms with van der Waals surface area (Å²) in [6.07, 6.45) is 1.73. The number of nitrogens with one attached hydrogen (secondary N) is 1. The minimum Gasteiger partial charge on any atom is -0.468 e. The van der Waals surface area contributed by atoms with E-state index in [9.17, 15) is 0 Å². The van der Waals surface area contributed by atoms with Crippen molar-refractivity contribution in [3.63, 3.8) is 0 Å². The highest BCUT2D eigenvalue weighted by Crippen LogP contribution is 2.07. The van der Waals surface area contributed by atoms with Gasteiger partial charge in [-0.25, -0.2) is 0 Å². The normalized spacial score (nSPS) is 13.1. The van der Waals surface area contributed by atoms with Crippen LogP contribution in [-0.2, 0) is 11.3 Å². The Bertz CT molecular complexity index is 258. The lowest BCUT2D eigenvalue weighted by molar-refractivity contribution is 0.158. The fraction of sp³-hybridized carbons (Fsp3) is 0.636. The second kappa shape index (κ2) is 5.83. The van der Waals surface area contributed by atoms with Crippen molar-refractivity contribution in [3.8, 4) is 0 Å². The zero-order valence-corrected chi connectivity index (χ0v) is 9.17. The van der Waals surface area contributed by atoms with Crippen molar-refractivity contribution < 1.29 is 9.15 Å². The zero-order chi connectivity index (χ0) is 10.4. The molecule has 0 bridgehead atoms. The maximum Gasteiger partial charge on any atom is 0.120 e. The van der Waals surface area contributed by atoms with Crippen LogP contribution in [0.4, 0.5) is 0 Å². The van der Waals surface area contributed by atoms with Crippen LogP contribution >= 0.6 is 0 Å². The van der Waals surface area contributed by atoms with Crippen LogP contribution in [-0.4, -0.2) is 20.3 Å². The minimum absolute atomic E-state index is 0.537. The predicted molar refractivity (Wildman–Crippen MR) is 56.2 cm³/mol. The van der Waals surface area contributed by atoms with E-state index < -0.39 is 0 Å². The second-order valence-corrected chi connectivity index (χ2v) is 3.72. The quantitative estimate of drug-likeness (QED) is 0.757. The molecule has 0 saturated heterocycles. The Morgan fingerprint density at radius 1 is 1.57 bits per heavy atom. The first kappa shape index (κ1) is 11.3. The van der Waals surface area contributed by atoms with Gasteiger partial charge in [-0.3, -0.25) is 0 Å². The van der Waals surface area contributed by atoms with E-state index in [1.807, 2.05) is 6.07 Å². The van der Waals surface area contributed by atoms with E-state index in [-0.39, 0.29) is 0 Å². The van der Waals surface area contributed by atoms with Gasteiger partial charge in [0.2, 0.25) is 0 Å². The van der Waals surface area contributed by atoms with E-state index in [4.69, 9.17) is 9.15 Å². The number of rotatable bonds is 6. The summed E-state index contributed by atoms with van der Waals surface area (Å²) >= 11 is 0. The summed E-state index contributed by atoms with van der Waals surface area (Å²) < 4.78 is 10.4. The van der Waals surface area contributed by atoms with Gasteiger partial charge in [-0.05, 0) is 24.5 Å². The monoisotopic (exact) mass is 197 g/mol. The summed E-state index contributed by atoms with van der Waals surface area (Å²) in [5.41, 5.74) is 1.21. The number of furan rings is 1. The first-order chi connectivity index (χ1) is 6.74. The first-order valence-corrected chi connectivity index (χ1v) is 4.96. The smallest absolute Gasteiger partial charge is 0.120 e. The molecule has 1 N–H and O–H groups in total. The molecular weight excluding hydrogens is 178 g/mol. The maximum atomic E-state index is 5.31. The molecule has 0 amide bonds. The van der Waals surface area contributed by atoms with Crippen LogP contribution in [0.3, 0.4) is 0 Å². The average molecular weight is 197 g/mol. The summed E-state index contributed by atoms with van der Waals surface area (Å²) in [6.45, 7) is 6.76. The van der Waals surface area contributed by atoms with Crippen LogP contribution in [0.5, 0.6) is 0 Å². The van der Waals surface area contributed by atoms with Crippen LogP contribution < -0.4 is 5.32 Å². The van der Waals surface area contributed by atoms with Crippen molar-refractivity contribution in [2.45, 2.75) is 20.4 Å². The molecule has 0 aromatic carbocycles. The Balaban J connectivity index is 2.19. The Hall–Kier alpha value is -0.800. The molecule has 0 spiro atoms. The third-order valence-corrected chi connectivity index (χ3v) is 2.20. The standard InChI is InChI=1S/C11H19NO2/c1-9(8-13-3)6-12-7-11-10(2)4-5-14-11/h4-5,9,12H,6-8H2,1-3H3. The molecule has 1 atom stereocenters. The van der Waals surface area contributed by atoms with Gasteiger partial charge in [-0.1, -0.05) is 6.92 Å². The van der Waals surface area contributed by atoms with Crippen molar-refractivity contribution in [1.29, 1.82) is 0 Å². The third-order valence-electron chi connectivity index (χ3n) is 2.20. The molecule has 1 rings (SSSR count). The third kappa shape index (κ3) is 3.52. The van der Waals surface area contributed by atoms with Gasteiger partial charge in [0.1, 0.15) is 5.76 Å². The molecule has 1 aromatic heterocycles. The minimum atomic E-state index is 0.537. The van der Waals surface area contributed by atoms with Crippen LogP contribution in [0, 0.1) is 12.8 Å². The van der Waals surface area contributed by atoms with Crippen LogP contribution in [0.15, 0.2) is 16.7 Å². The highest BCUT2D eigenvalue weighted by Gasteiger charge is 2.03. The molecule has 80 valence electrons. The molecule has 0 saturated carbocycles. The van der Waals surface area contributed by atoms with E-state index in [1.165, 1.54) is 5.56 Å². The number of aryl methyl sites for hydroxylation is 1. The molecule has 14 heavy (non-hydrogen) atoms. The van der Waals surface area contributed by atoms with Gasteiger partial charge in [-0.15, -0.1) is 0 Å². The molecule has 3 nitrogen and oxygen atoms in total. The second-order valence-electron chi connectivity index (χ2n) is 3.72. The highest BCUT2D eigenvalue weighted by atomic mass is 16.5. The first-order valence-electron chi connectivity index (χ1n) is 4.96. The van der Waals surface area contributed by atoms with Crippen molar-refractivity contribution in [3.05, 3.63) is 23.7 Å². The largest absolute Gasteiger partial charge is 0.468 e. The Morgan fingerprint density at radius 2 is 2.36 bits per heavy atom. The fourth-order valence-electron chi connectivity index (χ4n) is 1.36. The zero-order valence-electron chi connectivity index (χ0n) is 9.17. The SMILES string of the molecule is COCC(C)CNCc1occc1C. The molecule has 1 aromatic rings. The molecular formula is C11H19NO2. The number of ether oxygens (including phenoxy) is 1. The molecule has 0 aliphatic carbocycles. The van der Waals surface area contributed by atoms with Crippen LogP contribution in [0.25, 0.3) is 0 Å². The molecule has 0 fully saturated rings. The average Bonchev–Trinajstić information content (AvgIpc) is 2.52. The summed E-state index contributed by atoms with van der Waals surface area (Å²) in [6, 6.07) is 1.98. The topological polar surface area (TPSA) is 34.4 Å². The van der Waals surface area contributed by atoms with Crippen molar-refractivity contribution in [2.75, 3.05) is 20.3 Å². The lowest BCUT2D eigenvalue weighted by Crippen LogP contribution is -2.23. The Morgan fingerprint density at radius 3 is 2.93 bits per heavy atom. The van der Waals surface area contributed by atoms with E-state index in [0.717, 1.165) is 25.5 Å². The predicted octanol–water partition coefficient (Wildman–Crippen LogP) is 1.96. The summed E-state index contributed by atoms with van der Waals surface area (Å²) in [5.74, 6) is 1.56. The Labute approximate surface area is 85.4 Å². The lowest BCUT2D eigenvalue weighted by Gasteiger charge is -2.10. The van der Waals surface area contributed by atoms with Crippen LogP contribution in [0.2, 0.25) is 0 Å². The molecule has 0 aliphatic rings. The molecule has 1 heterocycles.